The molecular formula is C23H25ClN6O3. The van der Waals surface area contributed by atoms with Crippen molar-refractivity contribution in [1.82, 2.24) is 19.9 Å². The highest BCUT2D eigenvalue weighted by molar-refractivity contribution is 6.31. The fourth-order valence-corrected chi connectivity index (χ4v) is 4.29. The number of carbonyl (C=O) groups excluding carboxylic acids is 1. The van der Waals surface area contributed by atoms with Crippen LogP contribution in [0.5, 0.6) is 5.88 Å². The lowest BCUT2D eigenvalue weighted by atomic mass is 9.98. The van der Waals surface area contributed by atoms with E-state index in [1.54, 1.807) is 6.20 Å². The number of nitrogens with zero attached hydrogens (tertiary/aromatic N) is 6. The number of halogens is 1. The molecule has 10 heteroatoms. The number of piperidine rings is 1. The SMILES string of the molecule is CC(=O)c1cnc(OC2CN(c3ncc4ccc(Cl)cc4n3)C2)c(N2CCC(CO)CC2)n1. The molecule has 172 valence electrons. The Morgan fingerprint density at radius 1 is 1.15 bits per heavy atom. The first-order valence-electron chi connectivity index (χ1n) is 11.1. The number of aromatic nitrogens is 4. The van der Waals surface area contributed by atoms with Gasteiger partial charge in [-0.15, -0.1) is 0 Å². The van der Waals surface area contributed by atoms with Crippen molar-refractivity contribution in [2.24, 2.45) is 5.92 Å². The van der Waals surface area contributed by atoms with Crippen LogP contribution < -0.4 is 14.5 Å². The number of Topliss-reactive ketones (excluding diaryl/α,β-unsaturated/α-hetero) is 1. The topological polar surface area (TPSA) is 105 Å². The normalized spacial score (nSPS) is 17.3. The zero-order chi connectivity index (χ0) is 22.9. The van der Waals surface area contributed by atoms with Crippen molar-refractivity contribution in [1.29, 1.82) is 0 Å². The maximum Gasteiger partial charge on any atom is 0.258 e. The monoisotopic (exact) mass is 468 g/mol. The molecule has 2 saturated heterocycles. The molecular weight excluding hydrogens is 444 g/mol. The second-order valence-electron chi connectivity index (χ2n) is 8.57. The van der Waals surface area contributed by atoms with E-state index in [2.05, 4.69) is 24.8 Å². The van der Waals surface area contributed by atoms with Gasteiger partial charge in [-0.25, -0.2) is 19.9 Å². The molecule has 2 aliphatic rings. The standard InChI is InChI=1S/C23H25ClN6O3/c1-14(32)20-10-25-22(21(27-20)29-6-4-15(13-31)5-7-29)33-18-11-30(12-18)23-26-9-16-2-3-17(24)8-19(16)28-23/h2-3,8-10,15,18,31H,4-7,11-13H2,1H3. The van der Waals surface area contributed by atoms with E-state index < -0.39 is 0 Å². The van der Waals surface area contributed by atoms with Crippen LogP contribution in [-0.2, 0) is 0 Å². The van der Waals surface area contributed by atoms with Gasteiger partial charge >= 0.3 is 0 Å². The number of aliphatic hydroxyl groups is 1. The van der Waals surface area contributed by atoms with Crippen LogP contribution in [0.2, 0.25) is 5.02 Å². The van der Waals surface area contributed by atoms with Gasteiger partial charge in [0, 0.05) is 43.2 Å². The van der Waals surface area contributed by atoms with Gasteiger partial charge in [-0.3, -0.25) is 4.79 Å². The Morgan fingerprint density at radius 3 is 2.67 bits per heavy atom. The molecule has 2 aliphatic heterocycles. The number of hydrogen-bond donors (Lipinski definition) is 1. The minimum Gasteiger partial charge on any atom is -0.468 e. The van der Waals surface area contributed by atoms with Gasteiger partial charge in [0.1, 0.15) is 11.8 Å². The molecule has 0 bridgehead atoms. The first-order chi connectivity index (χ1) is 16.0. The largest absolute Gasteiger partial charge is 0.468 e. The third kappa shape index (κ3) is 4.56. The van der Waals surface area contributed by atoms with Crippen LogP contribution >= 0.6 is 11.6 Å². The summed E-state index contributed by atoms with van der Waals surface area (Å²) in [6.45, 7) is 4.39. The summed E-state index contributed by atoms with van der Waals surface area (Å²) >= 11 is 6.09. The number of carbonyl (C=O) groups is 1. The van der Waals surface area contributed by atoms with E-state index in [0.29, 0.717) is 47.4 Å². The molecule has 3 aromatic rings. The van der Waals surface area contributed by atoms with Crippen molar-refractivity contribution in [3.63, 3.8) is 0 Å². The van der Waals surface area contributed by atoms with Crippen LogP contribution in [0, 0.1) is 5.92 Å². The van der Waals surface area contributed by atoms with Gasteiger partial charge in [-0.1, -0.05) is 11.6 Å². The molecule has 0 spiro atoms. The third-order valence-corrected chi connectivity index (χ3v) is 6.43. The zero-order valence-electron chi connectivity index (χ0n) is 18.3. The van der Waals surface area contributed by atoms with Gasteiger partial charge < -0.3 is 19.6 Å². The number of benzene rings is 1. The van der Waals surface area contributed by atoms with E-state index in [4.69, 9.17) is 16.3 Å². The summed E-state index contributed by atoms with van der Waals surface area (Å²) in [7, 11) is 0. The summed E-state index contributed by atoms with van der Waals surface area (Å²) in [5.74, 6) is 1.82. The molecule has 5 rings (SSSR count). The fourth-order valence-electron chi connectivity index (χ4n) is 4.13. The zero-order valence-corrected chi connectivity index (χ0v) is 19.1. The highest BCUT2D eigenvalue weighted by Crippen LogP contribution is 2.31. The summed E-state index contributed by atoms with van der Waals surface area (Å²) < 4.78 is 6.19. The molecule has 0 amide bonds. The number of aliphatic hydroxyl groups excluding tert-OH is 1. The predicted octanol–water partition coefficient (Wildman–Crippen LogP) is 2.75. The smallest absolute Gasteiger partial charge is 0.258 e. The Labute approximate surface area is 196 Å². The molecule has 0 saturated carbocycles. The van der Waals surface area contributed by atoms with Crippen molar-refractivity contribution in [2.45, 2.75) is 25.9 Å². The average Bonchev–Trinajstić information content (AvgIpc) is 2.80. The molecule has 9 nitrogen and oxygen atoms in total. The first-order valence-corrected chi connectivity index (χ1v) is 11.5. The van der Waals surface area contributed by atoms with Crippen LogP contribution in [0.25, 0.3) is 10.9 Å². The van der Waals surface area contributed by atoms with Gasteiger partial charge in [0.25, 0.3) is 5.88 Å². The molecule has 0 radical (unpaired) electrons. The number of rotatable bonds is 6. The highest BCUT2D eigenvalue weighted by Gasteiger charge is 2.33. The molecule has 2 fully saturated rings. The Bertz CT molecular complexity index is 1180. The Hall–Kier alpha value is -3.04. The molecule has 4 heterocycles. The molecule has 0 unspecified atom stereocenters. The van der Waals surface area contributed by atoms with Crippen LogP contribution in [0.3, 0.4) is 0 Å². The summed E-state index contributed by atoms with van der Waals surface area (Å²) in [5, 5.41) is 11.0. The second kappa shape index (κ2) is 9.07. The third-order valence-electron chi connectivity index (χ3n) is 6.20. The predicted molar refractivity (Wildman–Crippen MR) is 125 cm³/mol. The van der Waals surface area contributed by atoms with Crippen LogP contribution in [0.4, 0.5) is 11.8 Å². The quantitative estimate of drug-likeness (QED) is 0.546. The summed E-state index contributed by atoms with van der Waals surface area (Å²) in [4.78, 5) is 34.1. The summed E-state index contributed by atoms with van der Waals surface area (Å²) in [5.41, 5.74) is 1.12. The number of ether oxygens (including phenoxy) is 1. The van der Waals surface area contributed by atoms with E-state index in [1.807, 2.05) is 23.1 Å². The van der Waals surface area contributed by atoms with Crippen LogP contribution in [-0.4, -0.2) is 69.7 Å². The van der Waals surface area contributed by atoms with Crippen LogP contribution in [0.15, 0.2) is 30.6 Å². The average molecular weight is 469 g/mol. The van der Waals surface area contributed by atoms with Crippen LogP contribution in [0.1, 0.15) is 30.3 Å². The van der Waals surface area contributed by atoms with Gasteiger partial charge in [0.05, 0.1) is 24.8 Å². The lowest BCUT2D eigenvalue weighted by Crippen LogP contribution is -2.54. The fraction of sp³-hybridized carbons (Fsp3) is 0.435. The lowest BCUT2D eigenvalue weighted by molar-refractivity contribution is 0.101. The Morgan fingerprint density at radius 2 is 1.94 bits per heavy atom. The number of anilines is 2. The van der Waals surface area contributed by atoms with Crippen molar-refractivity contribution in [2.75, 3.05) is 42.6 Å². The Kier molecular flexibility index (Phi) is 5.99. The van der Waals surface area contributed by atoms with Crippen molar-refractivity contribution < 1.29 is 14.6 Å². The van der Waals surface area contributed by atoms with Crippen molar-refractivity contribution in [3.8, 4) is 5.88 Å². The number of hydrogen-bond acceptors (Lipinski definition) is 9. The van der Waals surface area contributed by atoms with Crippen molar-refractivity contribution in [3.05, 3.63) is 41.3 Å². The number of fused-ring (bicyclic) bond motifs is 1. The maximum absolute atomic E-state index is 11.9. The highest BCUT2D eigenvalue weighted by atomic mass is 35.5. The van der Waals surface area contributed by atoms with Gasteiger partial charge in [-0.05, 0) is 37.0 Å². The maximum atomic E-state index is 11.9. The van der Waals surface area contributed by atoms with Gasteiger partial charge in [0.2, 0.25) is 5.95 Å². The van der Waals surface area contributed by atoms with Crippen molar-refractivity contribution >= 4 is 40.1 Å². The van der Waals surface area contributed by atoms with E-state index in [0.717, 1.165) is 36.8 Å². The second-order valence-corrected chi connectivity index (χ2v) is 9.01. The first kappa shape index (κ1) is 21.8. The molecule has 0 atom stereocenters. The minimum absolute atomic E-state index is 0.0881. The van der Waals surface area contributed by atoms with E-state index >= 15 is 0 Å². The Balaban J connectivity index is 1.29. The van der Waals surface area contributed by atoms with E-state index in [-0.39, 0.29) is 18.5 Å². The van der Waals surface area contributed by atoms with Gasteiger partial charge in [0.15, 0.2) is 11.6 Å². The molecule has 0 aliphatic carbocycles. The van der Waals surface area contributed by atoms with E-state index in [9.17, 15) is 9.90 Å². The molecule has 2 aromatic heterocycles. The summed E-state index contributed by atoms with van der Waals surface area (Å²) in [6.07, 6.45) is 4.90. The number of ketones is 1. The minimum atomic E-state index is -0.135. The lowest BCUT2D eigenvalue weighted by Gasteiger charge is -2.39. The molecule has 1 aromatic carbocycles. The summed E-state index contributed by atoms with van der Waals surface area (Å²) in [6, 6.07) is 5.55. The molecule has 33 heavy (non-hydrogen) atoms. The van der Waals surface area contributed by atoms with Gasteiger partial charge in [-0.2, -0.15) is 0 Å². The molecule has 1 N–H and O–H groups in total. The van der Waals surface area contributed by atoms with E-state index in [1.165, 1.54) is 13.1 Å².